The minimum Gasteiger partial charge on any atom is -0.382 e. The first-order chi connectivity index (χ1) is 12.4. The van der Waals surface area contributed by atoms with Crippen LogP contribution in [0.5, 0.6) is 0 Å². The van der Waals surface area contributed by atoms with E-state index in [4.69, 9.17) is 21.2 Å². The van der Waals surface area contributed by atoms with Gasteiger partial charge < -0.3 is 15.0 Å². The molecule has 0 aliphatic rings. The van der Waals surface area contributed by atoms with Crippen molar-refractivity contribution < 1.29 is 13.2 Å². The molecule has 0 unspecified atom stereocenters. The summed E-state index contributed by atoms with van der Waals surface area (Å²) in [5.74, 6) is 1.07. The Morgan fingerprint density at radius 1 is 1.23 bits per heavy atom. The van der Waals surface area contributed by atoms with Gasteiger partial charge in [-0.15, -0.1) is 0 Å². The van der Waals surface area contributed by atoms with E-state index in [1.54, 1.807) is 0 Å². The van der Waals surface area contributed by atoms with Crippen LogP contribution in [0.4, 0.5) is 5.82 Å². The number of nitrogens with zero attached hydrogens (tertiary/aromatic N) is 3. The third-order valence-electron chi connectivity index (χ3n) is 4.14. The molecule has 0 spiro atoms. The number of halogens is 1. The molecule has 2 aromatic heterocycles. The number of hydrogen-bond acceptors (Lipinski definition) is 6. The summed E-state index contributed by atoms with van der Waals surface area (Å²) >= 11 is 0. The van der Waals surface area contributed by atoms with Gasteiger partial charge in [-0.25, -0.2) is 18.4 Å². The van der Waals surface area contributed by atoms with Crippen LogP contribution in [-0.2, 0) is 26.9 Å². The molecule has 2 heterocycles. The van der Waals surface area contributed by atoms with Crippen LogP contribution in [0.1, 0.15) is 25.6 Å². The van der Waals surface area contributed by atoms with Crippen LogP contribution >= 0.6 is 10.7 Å². The summed E-state index contributed by atoms with van der Waals surface area (Å²) in [6.07, 6.45) is 1.12. The first-order valence-electron chi connectivity index (χ1n) is 8.44. The van der Waals surface area contributed by atoms with Crippen LogP contribution < -0.4 is 5.73 Å². The van der Waals surface area contributed by atoms with E-state index in [1.165, 1.54) is 0 Å². The second kappa shape index (κ2) is 7.77. The molecule has 2 N–H and O–H groups in total. The molecule has 1 aromatic carbocycles. The predicted molar refractivity (Wildman–Crippen MR) is 104 cm³/mol. The zero-order chi connectivity index (χ0) is 18.7. The summed E-state index contributed by atoms with van der Waals surface area (Å²) in [6.45, 7) is 3.44. The van der Waals surface area contributed by atoms with Gasteiger partial charge in [0.05, 0.1) is 16.8 Å². The van der Waals surface area contributed by atoms with E-state index in [2.05, 4.69) is 9.97 Å². The number of benzene rings is 1. The number of ether oxygens (including phenoxy) is 1. The summed E-state index contributed by atoms with van der Waals surface area (Å²) in [6, 6.07) is 7.74. The number of rotatable bonds is 8. The maximum absolute atomic E-state index is 11.1. The Balaban J connectivity index is 2.04. The van der Waals surface area contributed by atoms with Crippen LogP contribution in [0.2, 0.25) is 0 Å². The summed E-state index contributed by atoms with van der Waals surface area (Å²) in [4.78, 5) is 9.07. The monoisotopic (exact) mass is 396 g/mol. The number of imidazole rings is 1. The second-order valence-electron chi connectivity index (χ2n) is 5.98. The third-order valence-corrected chi connectivity index (χ3v) is 5.38. The Bertz CT molecular complexity index is 1030. The van der Waals surface area contributed by atoms with Crippen LogP contribution in [0.15, 0.2) is 24.3 Å². The molecule has 140 valence electrons. The Hall–Kier alpha value is -1.90. The zero-order valence-electron chi connectivity index (χ0n) is 14.5. The molecule has 3 aromatic rings. The Morgan fingerprint density at radius 2 is 2.00 bits per heavy atom. The lowest BCUT2D eigenvalue weighted by molar-refractivity contribution is 0.126. The average Bonchev–Trinajstić information content (AvgIpc) is 2.95. The highest BCUT2D eigenvalue weighted by molar-refractivity contribution is 8.13. The maximum atomic E-state index is 11.1. The van der Waals surface area contributed by atoms with Crippen molar-refractivity contribution in [3.05, 3.63) is 30.1 Å². The van der Waals surface area contributed by atoms with Gasteiger partial charge in [0.2, 0.25) is 9.05 Å². The van der Waals surface area contributed by atoms with Crippen molar-refractivity contribution in [3.8, 4) is 0 Å². The van der Waals surface area contributed by atoms with Crippen molar-refractivity contribution in [1.82, 2.24) is 14.5 Å². The molecule has 0 saturated carbocycles. The van der Waals surface area contributed by atoms with Gasteiger partial charge >= 0.3 is 0 Å². The number of aromatic nitrogens is 3. The topological polar surface area (TPSA) is 100 Å². The molecule has 7 nitrogen and oxygen atoms in total. The molecule has 3 rings (SSSR count). The first-order valence-corrected chi connectivity index (χ1v) is 10.9. The molecule has 26 heavy (non-hydrogen) atoms. The highest BCUT2D eigenvalue weighted by Gasteiger charge is 2.17. The van der Waals surface area contributed by atoms with Crippen LogP contribution in [0, 0.1) is 0 Å². The minimum absolute atomic E-state index is 0.0492. The van der Waals surface area contributed by atoms with Crippen molar-refractivity contribution in [3.63, 3.8) is 0 Å². The van der Waals surface area contributed by atoms with Gasteiger partial charge in [-0.2, -0.15) is 0 Å². The maximum Gasteiger partial charge on any atom is 0.232 e. The Labute approximate surface area is 156 Å². The fourth-order valence-electron chi connectivity index (χ4n) is 2.99. The summed E-state index contributed by atoms with van der Waals surface area (Å²) < 4.78 is 29.9. The Kier molecular flexibility index (Phi) is 5.64. The van der Waals surface area contributed by atoms with E-state index >= 15 is 0 Å². The van der Waals surface area contributed by atoms with Crippen molar-refractivity contribution in [2.45, 2.75) is 32.9 Å². The van der Waals surface area contributed by atoms with Gasteiger partial charge in [0, 0.05) is 29.2 Å². The SMILES string of the molecule is CCOCc1nc2c(N)nc3ccccc3c2n1CCCCS(=O)(=O)Cl. The molecule has 9 heteroatoms. The lowest BCUT2D eigenvalue weighted by atomic mass is 10.2. The summed E-state index contributed by atoms with van der Waals surface area (Å²) in [5.41, 5.74) is 8.46. The number of para-hydroxylation sites is 1. The number of aryl methyl sites for hydroxylation is 1. The van der Waals surface area contributed by atoms with Crippen molar-refractivity contribution in [2.75, 3.05) is 18.1 Å². The van der Waals surface area contributed by atoms with Gasteiger partial charge in [-0.05, 0) is 25.8 Å². The summed E-state index contributed by atoms with van der Waals surface area (Å²) in [7, 11) is 1.82. The molecule has 0 bridgehead atoms. The van der Waals surface area contributed by atoms with Gasteiger partial charge in [0.1, 0.15) is 17.9 Å². The van der Waals surface area contributed by atoms with E-state index < -0.39 is 9.05 Å². The number of anilines is 1. The van der Waals surface area contributed by atoms with Gasteiger partial charge in [0.25, 0.3) is 0 Å². The number of fused-ring (bicyclic) bond motifs is 3. The standard InChI is InChI=1S/C17H21ClN4O3S/c1-2-25-11-14-21-15-16(22(14)9-5-6-10-26(18,23)24)12-7-3-4-8-13(12)20-17(15)19/h3-4,7-8H,2,5-6,9-11H2,1H3,(H2,19,20). The lowest BCUT2D eigenvalue weighted by Crippen LogP contribution is -2.08. The minimum atomic E-state index is -3.48. The lowest BCUT2D eigenvalue weighted by Gasteiger charge is -2.10. The molecule has 0 atom stereocenters. The number of unbranched alkanes of at least 4 members (excludes halogenated alkanes) is 1. The first kappa shape index (κ1) is 18.9. The summed E-state index contributed by atoms with van der Waals surface area (Å²) in [5, 5.41) is 0.955. The van der Waals surface area contributed by atoms with E-state index in [0.717, 1.165) is 22.2 Å². The average molecular weight is 397 g/mol. The van der Waals surface area contributed by atoms with Crippen molar-refractivity contribution >= 4 is 47.5 Å². The van der Waals surface area contributed by atoms with Crippen molar-refractivity contribution in [1.29, 1.82) is 0 Å². The van der Waals surface area contributed by atoms with Crippen LogP contribution in [0.25, 0.3) is 21.9 Å². The number of nitrogen functional groups attached to an aromatic ring is 1. The second-order valence-corrected chi connectivity index (χ2v) is 8.87. The highest BCUT2D eigenvalue weighted by Crippen LogP contribution is 2.29. The molecular weight excluding hydrogens is 376 g/mol. The molecule has 0 fully saturated rings. The van der Waals surface area contributed by atoms with E-state index in [9.17, 15) is 8.42 Å². The molecule has 0 aliphatic heterocycles. The zero-order valence-corrected chi connectivity index (χ0v) is 16.1. The fourth-order valence-corrected chi connectivity index (χ4v) is 3.87. The molecular formula is C17H21ClN4O3S. The van der Waals surface area contributed by atoms with Crippen LogP contribution in [0.3, 0.4) is 0 Å². The normalized spacial score (nSPS) is 12.2. The molecule has 0 amide bonds. The number of nitrogens with two attached hydrogens (primary N) is 1. The molecule has 0 radical (unpaired) electrons. The smallest absolute Gasteiger partial charge is 0.232 e. The van der Waals surface area contributed by atoms with Gasteiger partial charge in [-0.3, -0.25) is 0 Å². The van der Waals surface area contributed by atoms with Crippen molar-refractivity contribution in [2.24, 2.45) is 0 Å². The Morgan fingerprint density at radius 3 is 2.73 bits per heavy atom. The van der Waals surface area contributed by atoms with E-state index in [0.29, 0.717) is 43.9 Å². The van der Waals surface area contributed by atoms with Gasteiger partial charge in [-0.1, -0.05) is 18.2 Å². The predicted octanol–water partition coefficient (Wildman–Crippen LogP) is 3.05. The van der Waals surface area contributed by atoms with E-state index in [-0.39, 0.29) is 5.75 Å². The van der Waals surface area contributed by atoms with Gasteiger partial charge in [0.15, 0.2) is 5.82 Å². The molecule has 0 saturated heterocycles. The largest absolute Gasteiger partial charge is 0.382 e. The third kappa shape index (κ3) is 4.08. The molecule has 0 aliphatic carbocycles. The van der Waals surface area contributed by atoms with E-state index in [1.807, 2.05) is 35.8 Å². The van der Waals surface area contributed by atoms with Crippen LogP contribution in [-0.4, -0.2) is 35.3 Å². The number of hydrogen-bond donors (Lipinski definition) is 1. The quantitative estimate of drug-likeness (QED) is 0.464. The highest BCUT2D eigenvalue weighted by atomic mass is 35.7. The fraction of sp³-hybridized carbons (Fsp3) is 0.412. The number of pyridine rings is 1.